The standard InChI is InChI=1S/C32H33FN4O3Si/c1-23-36-25(21-34)20-29(37-23)31(38)35-22-24-15-16-28(33)30(19-24)39-17-18-40-41(32(2,3)4,26-11-7-5-8-12-26)27-13-9-6-10-14-27/h5-16,19-20H,17-18,22H2,1-4H3,(H,35,38). The van der Waals surface area contributed by atoms with Crippen molar-refractivity contribution in [3.05, 3.63) is 114 Å². The van der Waals surface area contributed by atoms with Gasteiger partial charge in [0.1, 0.15) is 29.9 Å². The van der Waals surface area contributed by atoms with E-state index in [4.69, 9.17) is 14.4 Å². The van der Waals surface area contributed by atoms with E-state index in [9.17, 15) is 9.18 Å². The third-order valence-corrected chi connectivity index (χ3v) is 11.8. The van der Waals surface area contributed by atoms with Gasteiger partial charge in [-0.1, -0.05) is 87.5 Å². The van der Waals surface area contributed by atoms with Crippen LogP contribution in [0.2, 0.25) is 5.04 Å². The van der Waals surface area contributed by atoms with Crippen molar-refractivity contribution >= 4 is 24.6 Å². The van der Waals surface area contributed by atoms with Gasteiger partial charge in [0, 0.05) is 12.6 Å². The first-order valence-electron chi connectivity index (χ1n) is 13.3. The second kappa shape index (κ2) is 12.9. The van der Waals surface area contributed by atoms with Gasteiger partial charge in [0.15, 0.2) is 11.6 Å². The lowest BCUT2D eigenvalue weighted by Crippen LogP contribution is -2.66. The number of rotatable bonds is 10. The quantitative estimate of drug-likeness (QED) is 0.220. The summed E-state index contributed by atoms with van der Waals surface area (Å²) in [7, 11) is -2.73. The van der Waals surface area contributed by atoms with Gasteiger partial charge in [-0.15, -0.1) is 0 Å². The molecular formula is C32H33FN4O3Si. The molecule has 9 heteroatoms. The van der Waals surface area contributed by atoms with Gasteiger partial charge in [0.25, 0.3) is 14.2 Å². The van der Waals surface area contributed by atoms with Gasteiger partial charge in [0.2, 0.25) is 0 Å². The van der Waals surface area contributed by atoms with Crippen LogP contribution >= 0.6 is 0 Å². The SMILES string of the molecule is Cc1nc(C#N)cc(C(=O)NCc2ccc(F)c(OCCO[Si](c3ccccc3)(c3ccccc3)C(C)(C)C)c2)n1. The Morgan fingerprint density at radius 2 is 1.59 bits per heavy atom. The van der Waals surface area contributed by atoms with Gasteiger partial charge in [-0.2, -0.15) is 5.26 Å². The van der Waals surface area contributed by atoms with Crippen molar-refractivity contribution in [2.75, 3.05) is 13.2 Å². The number of hydrogen-bond donors (Lipinski definition) is 1. The molecule has 0 aliphatic heterocycles. The molecule has 0 aliphatic rings. The van der Waals surface area contributed by atoms with Gasteiger partial charge < -0.3 is 14.5 Å². The fraction of sp³-hybridized carbons (Fsp3) is 0.250. The highest BCUT2D eigenvalue weighted by Gasteiger charge is 2.50. The predicted octanol–water partition coefficient (Wildman–Crippen LogP) is 4.68. The van der Waals surface area contributed by atoms with Crippen molar-refractivity contribution in [1.82, 2.24) is 15.3 Å². The first-order chi connectivity index (χ1) is 19.6. The van der Waals surface area contributed by atoms with Crippen molar-refractivity contribution in [2.45, 2.75) is 39.3 Å². The molecule has 0 atom stereocenters. The molecule has 4 rings (SSSR count). The zero-order chi connectivity index (χ0) is 29.5. The molecule has 0 unspecified atom stereocenters. The number of amides is 1. The molecule has 210 valence electrons. The number of carbonyl (C=O) groups is 1. The van der Waals surface area contributed by atoms with E-state index in [1.165, 1.54) is 12.1 Å². The first kappa shape index (κ1) is 29.6. The third kappa shape index (κ3) is 6.85. The topological polar surface area (TPSA) is 97.1 Å². The Morgan fingerprint density at radius 3 is 2.17 bits per heavy atom. The maximum Gasteiger partial charge on any atom is 0.270 e. The summed E-state index contributed by atoms with van der Waals surface area (Å²) in [6, 6.07) is 28.3. The molecule has 1 aromatic heterocycles. The normalized spacial score (nSPS) is 11.5. The van der Waals surface area contributed by atoms with E-state index >= 15 is 0 Å². The van der Waals surface area contributed by atoms with Crippen molar-refractivity contribution < 1.29 is 18.3 Å². The summed E-state index contributed by atoms with van der Waals surface area (Å²) in [5.74, 6) is -0.562. The number of nitriles is 1. The summed E-state index contributed by atoms with van der Waals surface area (Å²) < 4.78 is 27.3. The first-order valence-corrected chi connectivity index (χ1v) is 15.2. The smallest absolute Gasteiger partial charge is 0.270 e. The Kier molecular flexibility index (Phi) is 9.27. The van der Waals surface area contributed by atoms with Crippen LogP contribution in [0.5, 0.6) is 5.75 Å². The van der Waals surface area contributed by atoms with Crippen LogP contribution in [0.4, 0.5) is 4.39 Å². The van der Waals surface area contributed by atoms with Gasteiger partial charge in [0.05, 0.1) is 6.61 Å². The van der Waals surface area contributed by atoms with Crippen molar-refractivity contribution in [1.29, 1.82) is 5.26 Å². The molecular weight excluding hydrogens is 535 g/mol. The minimum Gasteiger partial charge on any atom is -0.488 e. The average Bonchev–Trinajstić information content (AvgIpc) is 2.97. The molecule has 41 heavy (non-hydrogen) atoms. The number of ether oxygens (including phenoxy) is 1. The van der Waals surface area contributed by atoms with Crippen molar-refractivity contribution in [3.8, 4) is 11.8 Å². The van der Waals surface area contributed by atoms with Crippen LogP contribution in [-0.4, -0.2) is 37.4 Å². The molecule has 0 bridgehead atoms. The van der Waals surface area contributed by atoms with Crippen LogP contribution in [0.3, 0.4) is 0 Å². The van der Waals surface area contributed by atoms with Gasteiger partial charge in [-0.05, 0) is 40.0 Å². The van der Waals surface area contributed by atoms with Crippen molar-refractivity contribution in [2.24, 2.45) is 0 Å². The summed E-state index contributed by atoms with van der Waals surface area (Å²) in [6.45, 7) is 8.73. The van der Waals surface area contributed by atoms with E-state index < -0.39 is 20.0 Å². The van der Waals surface area contributed by atoms with Gasteiger partial charge >= 0.3 is 0 Å². The number of nitrogens with one attached hydrogen (secondary N) is 1. The molecule has 0 radical (unpaired) electrons. The monoisotopic (exact) mass is 568 g/mol. The molecule has 3 aromatic carbocycles. The van der Waals surface area contributed by atoms with E-state index in [0.717, 1.165) is 10.4 Å². The Morgan fingerprint density at radius 1 is 0.951 bits per heavy atom. The summed E-state index contributed by atoms with van der Waals surface area (Å²) in [4.78, 5) is 20.6. The summed E-state index contributed by atoms with van der Waals surface area (Å²) >= 11 is 0. The lowest BCUT2D eigenvalue weighted by atomic mass is 10.2. The Hall–Kier alpha value is -4.39. The fourth-order valence-electron chi connectivity index (χ4n) is 4.89. The second-order valence-corrected chi connectivity index (χ2v) is 14.9. The van der Waals surface area contributed by atoms with Crippen molar-refractivity contribution in [3.63, 3.8) is 0 Å². The van der Waals surface area contributed by atoms with Crippen LogP contribution in [0.1, 0.15) is 48.3 Å². The van der Waals surface area contributed by atoms with Crippen LogP contribution in [0, 0.1) is 24.1 Å². The number of aryl methyl sites for hydroxylation is 1. The minimum atomic E-state index is -2.73. The fourth-order valence-corrected chi connectivity index (χ4v) is 9.44. The van der Waals surface area contributed by atoms with Crippen LogP contribution in [0.15, 0.2) is 84.9 Å². The van der Waals surface area contributed by atoms with E-state index in [-0.39, 0.29) is 41.9 Å². The molecule has 0 spiro atoms. The maximum atomic E-state index is 14.6. The van der Waals surface area contributed by atoms with Crippen LogP contribution < -0.4 is 20.4 Å². The van der Waals surface area contributed by atoms with E-state index in [1.54, 1.807) is 19.1 Å². The molecule has 1 heterocycles. The number of benzene rings is 3. The largest absolute Gasteiger partial charge is 0.488 e. The molecule has 1 N–H and O–H groups in total. The van der Waals surface area contributed by atoms with Gasteiger partial charge in [-0.3, -0.25) is 4.79 Å². The van der Waals surface area contributed by atoms with Crippen LogP contribution in [-0.2, 0) is 11.0 Å². The zero-order valence-electron chi connectivity index (χ0n) is 23.6. The predicted molar refractivity (Wildman–Crippen MR) is 158 cm³/mol. The number of carbonyl (C=O) groups excluding carboxylic acids is 1. The molecule has 1 amide bonds. The highest BCUT2D eigenvalue weighted by Crippen LogP contribution is 2.36. The van der Waals surface area contributed by atoms with E-state index in [0.29, 0.717) is 11.4 Å². The average molecular weight is 569 g/mol. The lowest BCUT2D eigenvalue weighted by Gasteiger charge is -2.43. The summed E-state index contributed by atoms with van der Waals surface area (Å²) in [5, 5.41) is 14.0. The maximum absolute atomic E-state index is 14.6. The third-order valence-electron chi connectivity index (χ3n) is 6.71. The highest BCUT2D eigenvalue weighted by atomic mass is 28.4. The number of aromatic nitrogens is 2. The Bertz CT molecular complexity index is 1500. The Balaban J connectivity index is 1.45. The molecule has 0 aliphatic carbocycles. The zero-order valence-corrected chi connectivity index (χ0v) is 24.6. The minimum absolute atomic E-state index is 0.0763. The Labute approximate surface area is 241 Å². The molecule has 7 nitrogen and oxygen atoms in total. The molecule has 0 fully saturated rings. The number of nitrogens with zero attached hydrogens (tertiary/aromatic N) is 3. The lowest BCUT2D eigenvalue weighted by molar-refractivity contribution is 0.0945. The molecule has 0 saturated carbocycles. The second-order valence-electron chi connectivity index (χ2n) is 10.6. The molecule has 0 saturated heterocycles. The molecule has 4 aromatic rings. The number of halogens is 1. The highest BCUT2D eigenvalue weighted by molar-refractivity contribution is 6.99. The van der Waals surface area contributed by atoms with Gasteiger partial charge in [-0.25, -0.2) is 14.4 Å². The van der Waals surface area contributed by atoms with E-state index in [1.807, 2.05) is 42.5 Å². The van der Waals surface area contributed by atoms with E-state index in [2.05, 4.69) is 60.3 Å². The number of hydrogen-bond acceptors (Lipinski definition) is 6. The summed E-state index contributed by atoms with van der Waals surface area (Å²) in [6.07, 6.45) is 0. The van der Waals surface area contributed by atoms with Crippen LogP contribution in [0.25, 0.3) is 0 Å². The summed E-state index contributed by atoms with van der Waals surface area (Å²) in [5.41, 5.74) is 0.849.